The molecule has 0 spiro atoms. The number of hydrogen-bond acceptors (Lipinski definition) is 3. The molecule has 1 aromatic heterocycles. The van der Waals surface area contributed by atoms with Crippen molar-refractivity contribution in [1.82, 2.24) is 15.5 Å². The van der Waals surface area contributed by atoms with E-state index in [1.54, 1.807) is 7.05 Å². The lowest BCUT2D eigenvalue weighted by molar-refractivity contribution is -0.137. The SMILES string of the molecule is CN=C(NCCN1CCc2sccc2C1)NCc1ccc(C(F)(F)F)cc1. The van der Waals surface area contributed by atoms with Crippen LogP contribution in [-0.4, -0.2) is 37.5 Å². The van der Waals surface area contributed by atoms with Gasteiger partial charge < -0.3 is 10.6 Å². The smallest absolute Gasteiger partial charge is 0.355 e. The van der Waals surface area contributed by atoms with Crippen molar-refractivity contribution in [2.75, 3.05) is 26.7 Å². The number of fused-ring (bicyclic) bond motifs is 1. The fourth-order valence-electron chi connectivity index (χ4n) is 3.05. The molecule has 0 radical (unpaired) electrons. The minimum atomic E-state index is -4.30. The first kappa shape index (κ1) is 19.7. The van der Waals surface area contributed by atoms with Gasteiger partial charge in [-0.2, -0.15) is 13.2 Å². The Kier molecular flexibility index (Phi) is 6.38. The summed E-state index contributed by atoms with van der Waals surface area (Å²) < 4.78 is 37.8. The van der Waals surface area contributed by atoms with Gasteiger partial charge in [-0.15, -0.1) is 11.3 Å². The maximum atomic E-state index is 12.6. The van der Waals surface area contributed by atoms with Crippen LogP contribution in [0.25, 0.3) is 0 Å². The van der Waals surface area contributed by atoms with Gasteiger partial charge in [-0.25, -0.2) is 0 Å². The first-order valence-corrected chi connectivity index (χ1v) is 9.72. The molecule has 4 nitrogen and oxygen atoms in total. The summed E-state index contributed by atoms with van der Waals surface area (Å²) in [6, 6.07) is 7.36. The Morgan fingerprint density at radius 3 is 2.67 bits per heavy atom. The molecule has 2 heterocycles. The van der Waals surface area contributed by atoms with E-state index < -0.39 is 11.7 Å². The van der Waals surface area contributed by atoms with Crippen LogP contribution < -0.4 is 10.6 Å². The number of alkyl halides is 3. The van der Waals surface area contributed by atoms with Crippen LogP contribution in [0.5, 0.6) is 0 Å². The Balaban J connectivity index is 1.41. The van der Waals surface area contributed by atoms with E-state index in [4.69, 9.17) is 0 Å². The van der Waals surface area contributed by atoms with Crippen molar-refractivity contribution < 1.29 is 13.2 Å². The van der Waals surface area contributed by atoms with Gasteiger partial charge in [-0.3, -0.25) is 9.89 Å². The van der Waals surface area contributed by atoms with E-state index in [1.807, 2.05) is 11.3 Å². The van der Waals surface area contributed by atoms with Gasteiger partial charge in [0, 0.05) is 44.6 Å². The number of halogens is 3. The molecule has 0 aliphatic carbocycles. The average molecular weight is 396 g/mol. The summed E-state index contributed by atoms with van der Waals surface area (Å²) in [4.78, 5) is 8.07. The highest BCUT2D eigenvalue weighted by Gasteiger charge is 2.29. The maximum absolute atomic E-state index is 12.6. The van der Waals surface area contributed by atoms with Gasteiger partial charge in [-0.05, 0) is 41.1 Å². The van der Waals surface area contributed by atoms with Gasteiger partial charge in [0.25, 0.3) is 0 Å². The van der Waals surface area contributed by atoms with Crippen LogP contribution in [-0.2, 0) is 25.7 Å². The van der Waals surface area contributed by atoms with Crippen molar-refractivity contribution in [2.45, 2.75) is 25.7 Å². The molecule has 0 saturated heterocycles. The Hall–Kier alpha value is -2.06. The van der Waals surface area contributed by atoms with E-state index in [1.165, 1.54) is 22.6 Å². The summed E-state index contributed by atoms with van der Waals surface area (Å²) >= 11 is 1.83. The van der Waals surface area contributed by atoms with Crippen molar-refractivity contribution in [1.29, 1.82) is 0 Å². The zero-order valence-corrected chi connectivity index (χ0v) is 16.0. The number of benzene rings is 1. The molecule has 1 aliphatic heterocycles. The molecule has 0 unspecified atom stereocenters. The van der Waals surface area contributed by atoms with Crippen molar-refractivity contribution in [3.05, 3.63) is 57.3 Å². The molecular weight excluding hydrogens is 373 g/mol. The normalized spacial score (nSPS) is 15.5. The third-order valence-electron chi connectivity index (χ3n) is 4.57. The molecule has 0 fully saturated rings. The largest absolute Gasteiger partial charge is 0.416 e. The van der Waals surface area contributed by atoms with E-state index in [2.05, 4.69) is 32.0 Å². The quantitative estimate of drug-likeness (QED) is 0.600. The lowest BCUT2D eigenvalue weighted by Crippen LogP contribution is -2.42. The van der Waals surface area contributed by atoms with Crippen LogP contribution in [0.3, 0.4) is 0 Å². The number of guanidine groups is 1. The highest BCUT2D eigenvalue weighted by molar-refractivity contribution is 7.10. The van der Waals surface area contributed by atoms with E-state index >= 15 is 0 Å². The fraction of sp³-hybridized carbons (Fsp3) is 0.421. The van der Waals surface area contributed by atoms with Crippen molar-refractivity contribution in [3.8, 4) is 0 Å². The number of rotatable bonds is 5. The van der Waals surface area contributed by atoms with Crippen LogP contribution in [0, 0.1) is 0 Å². The minimum Gasteiger partial charge on any atom is -0.355 e. The third-order valence-corrected chi connectivity index (χ3v) is 5.60. The Morgan fingerprint density at radius 1 is 1.19 bits per heavy atom. The van der Waals surface area contributed by atoms with Crippen LogP contribution >= 0.6 is 11.3 Å². The van der Waals surface area contributed by atoms with E-state index in [9.17, 15) is 13.2 Å². The number of thiophene rings is 1. The molecule has 146 valence electrons. The van der Waals surface area contributed by atoms with Gasteiger partial charge in [-0.1, -0.05) is 12.1 Å². The standard InChI is InChI=1S/C19H23F3N4S/c1-23-18(25-12-14-2-4-16(5-3-14)19(20,21)22)24-8-10-26-9-6-17-15(13-26)7-11-27-17/h2-5,7,11H,6,8-10,12-13H2,1H3,(H2,23,24,25). The maximum Gasteiger partial charge on any atom is 0.416 e. The molecule has 3 rings (SSSR count). The Morgan fingerprint density at radius 2 is 1.96 bits per heavy atom. The second kappa shape index (κ2) is 8.75. The highest BCUT2D eigenvalue weighted by Crippen LogP contribution is 2.29. The second-order valence-corrected chi connectivity index (χ2v) is 7.44. The minimum absolute atomic E-state index is 0.416. The van der Waals surface area contributed by atoms with Gasteiger partial charge in [0.05, 0.1) is 5.56 Å². The number of aliphatic imine (C=N–C) groups is 1. The molecule has 27 heavy (non-hydrogen) atoms. The zero-order valence-electron chi connectivity index (χ0n) is 15.1. The van der Waals surface area contributed by atoms with Crippen LogP contribution in [0.4, 0.5) is 13.2 Å². The van der Waals surface area contributed by atoms with Crippen LogP contribution in [0.1, 0.15) is 21.6 Å². The molecule has 2 aromatic rings. The lowest BCUT2D eigenvalue weighted by Gasteiger charge is -2.27. The molecule has 1 aromatic carbocycles. The monoisotopic (exact) mass is 396 g/mol. The van der Waals surface area contributed by atoms with E-state index in [-0.39, 0.29) is 0 Å². The fourth-order valence-corrected chi connectivity index (χ4v) is 3.94. The summed E-state index contributed by atoms with van der Waals surface area (Å²) in [5, 5.41) is 8.55. The highest BCUT2D eigenvalue weighted by atomic mass is 32.1. The Bertz CT molecular complexity index is 768. The predicted molar refractivity (Wildman–Crippen MR) is 103 cm³/mol. The van der Waals surface area contributed by atoms with Crippen molar-refractivity contribution in [3.63, 3.8) is 0 Å². The average Bonchev–Trinajstić information content (AvgIpc) is 3.12. The molecule has 2 N–H and O–H groups in total. The molecule has 0 atom stereocenters. The summed E-state index contributed by atoms with van der Waals surface area (Å²) in [5.41, 5.74) is 1.56. The summed E-state index contributed by atoms with van der Waals surface area (Å²) in [7, 11) is 1.68. The predicted octanol–water partition coefficient (Wildman–Crippen LogP) is 3.49. The third kappa shape index (κ3) is 5.46. The van der Waals surface area contributed by atoms with Crippen molar-refractivity contribution >= 4 is 17.3 Å². The van der Waals surface area contributed by atoms with E-state index in [0.29, 0.717) is 12.5 Å². The number of nitrogens with one attached hydrogen (secondary N) is 2. The molecule has 0 bridgehead atoms. The first-order valence-electron chi connectivity index (χ1n) is 8.84. The molecular formula is C19H23F3N4S. The lowest BCUT2D eigenvalue weighted by atomic mass is 10.1. The summed E-state index contributed by atoms with van der Waals surface area (Å²) in [5.74, 6) is 0.642. The number of hydrogen-bond donors (Lipinski definition) is 2. The molecule has 8 heteroatoms. The van der Waals surface area contributed by atoms with Gasteiger partial charge >= 0.3 is 6.18 Å². The Labute approximate surface area is 161 Å². The van der Waals surface area contributed by atoms with E-state index in [0.717, 1.165) is 50.3 Å². The zero-order chi connectivity index (χ0) is 19.3. The van der Waals surface area contributed by atoms with Crippen molar-refractivity contribution in [2.24, 2.45) is 4.99 Å². The molecule has 0 amide bonds. The van der Waals surface area contributed by atoms with Gasteiger partial charge in [0.2, 0.25) is 0 Å². The van der Waals surface area contributed by atoms with Gasteiger partial charge in [0.15, 0.2) is 5.96 Å². The first-order chi connectivity index (χ1) is 13.0. The topological polar surface area (TPSA) is 39.7 Å². The van der Waals surface area contributed by atoms with Crippen LogP contribution in [0.15, 0.2) is 40.7 Å². The second-order valence-electron chi connectivity index (χ2n) is 6.44. The van der Waals surface area contributed by atoms with Crippen LogP contribution in [0.2, 0.25) is 0 Å². The molecule has 1 aliphatic rings. The summed E-state index contributed by atoms with van der Waals surface area (Å²) in [6.45, 7) is 4.13. The molecule has 0 saturated carbocycles. The van der Waals surface area contributed by atoms with Gasteiger partial charge in [0.1, 0.15) is 0 Å². The summed E-state index contributed by atoms with van der Waals surface area (Å²) in [6.07, 6.45) is -3.20. The number of nitrogens with zero attached hydrogens (tertiary/aromatic N) is 2.